The first-order valence-corrected chi connectivity index (χ1v) is 10.6. The largest absolute Gasteiger partial charge is 0.502 e. The Morgan fingerprint density at radius 2 is 1.88 bits per heavy atom. The van der Waals surface area contributed by atoms with E-state index in [1.807, 2.05) is 18.2 Å². The van der Waals surface area contributed by atoms with Crippen LogP contribution in [0.15, 0.2) is 36.5 Å². The van der Waals surface area contributed by atoms with Crippen molar-refractivity contribution < 1.29 is 24.1 Å². The number of fused-ring (bicyclic) bond motifs is 2. The monoisotopic (exact) mass is 452 g/mol. The van der Waals surface area contributed by atoms with Gasteiger partial charge in [0.1, 0.15) is 11.6 Å². The molecule has 1 aliphatic heterocycles. The Kier molecular flexibility index (Phi) is 4.86. The Morgan fingerprint density at radius 3 is 2.56 bits per heavy atom. The van der Waals surface area contributed by atoms with Crippen molar-refractivity contribution in [2.45, 2.75) is 12.3 Å². The van der Waals surface area contributed by atoms with Gasteiger partial charge in [-0.05, 0) is 35.9 Å². The lowest BCUT2D eigenvalue weighted by Gasteiger charge is -2.24. The molecule has 32 heavy (non-hydrogen) atoms. The summed E-state index contributed by atoms with van der Waals surface area (Å²) in [4.78, 5) is 17.3. The molecular formula is C22H20N4O5S. The van der Waals surface area contributed by atoms with Crippen LogP contribution in [0.3, 0.4) is 0 Å². The van der Waals surface area contributed by atoms with Gasteiger partial charge >= 0.3 is 0 Å². The molecule has 164 valence electrons. The molecule has 1 atom stereocenters. The molecule has 9 nitrogen and oxygen atoms in total. The number of phenols is 1. The molecule has 0 bridgehead atoms. The summed E-state index contributed by atoms with van der Waals surface area (Å²) < 4.78 is 18.5. The first-order valence-electron chi connectivity index (χ1n) is 9.80. The molecule has 2 N–H and O–H groups in total. The highest BCUT2D eigenvalue weighted by Gasteiger charge is 2.32. The van der Waals surface area contributed by atoms with Gasteiger partial charge in [-0.15, -0.1) is 0 Å². The van der Waals surface area contributed by atoms with Gasteiger partial charge in [0, 0.05) is 17.9 Å². The quantitative estimate of drug-likeness (QED) is 0.475. The number of ether oxygens (including phenoxy) is 3. The van der Waals surface area contributed by atoms with Gasteiger partial charge in [0.05, 0.1) is 37.7 Å². The van der Waals surface area contributed by atoms with Crippen molar-refractivity contribution in [2.75, 3.05) is 26.6 Å². The zero-order valence-electron chi connectivity index (χ0n) is 17.6. The third-order valence-electron chi connectivity index (χ3n) is 5.49. The Labute approximate surface area is 187 Å². The Hall–Kier alpha value is -3.79. The van der Waals surface area contributed by atoms with Crippen LogP contribution in [-0.4, -0.2) is 47.1 Å². The number of nitrogens with zero attached hydrogens (tertiary/aromatic N) is 3. The van der Waals surface area contributed by atoms with E-state index in [0.717, 1.165) is 27.1 Å². The van der Waals surface area contributed by atoms with Crippen molar-refractivity contribution in [3.63, 3.8) is 0 Å². The maximum absolute atomic E-state index is 12.6. The lowest BCUT2D eigenvalue weighted by atomic mass is 9.87. The van der Waals surface area contributed by atoms with E-state index in [-0.39, 0.29) is 35.5 Å². The SMILES string of the molecule is COc1ccc2nc(-n3ncc4c3NC(=O)C[C@@H]4c3cc(OC)c(O)c(OC)c3)sc2c1. The second-order valence-electron chi connectivity index (χ2n) is 7.27. The summed E-state index contributed by atoms with van der Waals surface area (Å²) in [5.41, 5.74) is 2.44. The first kappa shape index (κ1) is 20.1. The van der Waals surface area contributed by atoms with E-state index in [1.54, 1.807) is 30.1 Å². The number of amides is 1. The summed E-state index contributed by atoms with van der Waals surface area (Å²) in [6, 6.07) is 9.09. The number of aromatic nitrogens is 3. The third kappa shape index (κ3) is 3.19. The molecule has 4 aromatic rings. The number of carbonyl (C=O) groups is 1. The number of aromatic hydroxyl groups is 1. The van der Waals surface area contributed by atoms with E-state index in [4.69, 9.17) is 14.2 Å². The van der Waals surface area contributed by atoms with Crippen LogP contribution in [0.25, 0.3) is 15.3 Å². The van der Waals surface area contributed by atoms with Gasteiger partial charge < -0.3 is 24.6 Å². The number of hydrogen-bond donors (Lipinski definition) is 2. The molecule has 5 rings (SSSR count). The fourth-order valence-electron chi connectivity index (χ4n) is 3.89. The van der Waals surface area contributed by atoms with Crippen molar-refractivity contribution in [1.82, 2.24) is 14.8 Å². The highest BCUT2D eigenvalue weighted by molar-refractivity contribution is 7.20. The molecule has 1 aliphatic rings. The maximum atomic E-state index is 12.6. The van der Waals surface area contributed by atoms with Crippen LogP contribution in [0.4, 0.5) is 5.82 Å². The highest BCUT2D eigenvalue weighted by Crippen LogP contribution is 2.44. The smallest absolute Gasteiger partial charge is 0.226 e. The molecule has 0 aliphatic carbocycles. The predicted octanol–water partition coefficient (Wildman–Crippen LogP) is 3.69. The van der Waals surface area contributed by atoms with Crippen LogP contribution in [-0.2, 0) is 4.79 Å². The minimum atomic E-state index is -0.287. The van der Waals surface area contributed by atoms with Gasteiger partial charge in [-0.1, -0.05) is 11.3 Å². The molecule has 0 unspecified atom stereocenters. The van der Waals surface area contributed by atoms with Gasteiger partial charge in [0.2, 0.25) is 16.8 Å². The summed E-state index contributed by atoms with van der Waals surface area (Å²) in [6.45, 7) is 0. The molecule has 10 heteroatoms. The van der Waals surface area contributed by atoms with Crippen LogP contribution >= 0.6 is 11.3 Å². The number of anilines is 1. The second-order valence-corrected chi connectivity index (χ2v) is 8.28. The van der Waals surface area contributed by atoms with Crippen molar-refractivity contribution in [1.29, 1.82) is 0 Å². The summed E-state index contributed by atoms with van der Waals surface area (Å²) in [6.07, 6.45) is 1.96. The Bertz CT molecular complexity index is 1320. The van der Waals surface area contributed by atoms with Crippen LogP contribution in [0.1, 0.15) is 23.5 Å². The zero-order chi connectivity index (χ0) is 22.4. The number of thiazole rings is 1. The van der Waals surface area contributed by atoms with Crippen LogP contribution < -0.4 is 19.5 Å². The molecule has 0 saturated heterocycles. The summed E-state index contributed by atoms with van der Waals surface area (Å²) >= 11 is 1.45. The average Bonchev–Trinajstić information content (AvgIpc) is 3.41. The molecule has 0 saturated carbocycles. The van der Waals surface area contributed by atoms with E-state index in [2.05, 4.69) is 15.4 Å². The van der Waals surface area contributed by atoms with Crippen LogP contribution in [0.5, 0.6) is 23.0 Å². The van der Waals surface area contributed by atoms with Crippen LogP contribution in [0, 0.1) is 0 Å². The minimum Gasteiger partial charge on any atom is -0.502 e. The van der Waals surface area contributed by atoms with Gasteiger partial charge in [-0.2, -0.15) is 9.78 Å². The average molecular weight is 452 g/mol. The Balaban J connectivity index is 1.61. The zero-order valence-corrected chi connectivity index (χ0v) is 18.4. The topological polar surface area (TPSA) is 108 Å². The lowest BCUT2D eigenvalue weighted by molar-refractivity contribution is -0.116. The molecule has 2 aromatic carbocycles. The summed E-state index contributed by atoms with van der Waals surface area (Å²) in [5.74, 6) is 1.36. The van der Waals surface area contributed by atoms with Crippen molar-refractivity contribution in [3.8, 4) is 28.1 Å². The fourth-order valence-corrected chi connectivity index (χ4v) is 4.85. The molecule has 3 heterocycles. The Morgan fingerprint density at radius 1 is 1.12 bits per heavy atom. The third-order valence-corrected chi connectivity index (χ3v) is 6.48. The number of nitrogens with one attached hydrogen (secondary N) is 1. The molecule has 1 amide bonds. The molecule has 0 radical (unpaired) electrons. The first-order chi connectivity index (χ1) is 15.5. The second kappa shape index (κ2) is 7.72. The van der Waals surface area contributed by atoms with Crippen LogP contribution in [0.2, 0.25) is 0 Å². The van der Waals surface area contributed by atoms with Gasteiger partial charge in [0.15, 0.2) is 11.5 Å². The summed E-state index contributed by atoms with van der Waals surface area (Å²) in [7, 11) is 4.56. The van der Waals surface area contributed by atoms with E-state index < -0.39 is 0 Å². The van der Waals surface area contributed by atoms with E-state index >= 15 is 0 Å². The standard InChI is InChI=1S/C22H20N4O5S/c1-29-12-4-5-15-18(8-12)32-22(24-15)26-21-14(10-23-26)13(9-19(27)25-21)11-6-16(30-2)20(28)17(7-11)31-3/h4-8,10,13,28H,9H2,1-3H3,(H,25,27)/t13-/m1/s1. The number of methoxy groups -OCH3 is 3. The van der Waals surface area contributed by atoms with Crippen molar-refractivity contribution in [2.24, 2.45) is 0 Å². The van der Waals surface area contributed by atoms with Crippen molar-refractivity contribution in [3.05, 3.63) is 47.7 Å². The predicted molar refractivity (Wildman–Crippen MR) is 120 cm³/mol. The van der Waals surface area contributed by atoms with E-state index in [1.165, 1.54) is 25.6 Å². The van der Waals surface area contributed by atoms with Gasteiger partial charge in [-0.3, -0.25) is 4.79 Å². The number of hydrogen-bond acceptors (Lipinski definition) is 8. The normalized spacial score (nSPS) is 15.3. The number of benzene rings is 2. The minimum absolute atomic E-state index is 0.0835. The maximum Gasteiger partial charge on any atom is 0.226 e. The lowest BCUT2D eigenvalue weighted by Crippen LogP contribution is -2.24. The highest BCUT2D eigenvalue weighted by atomic mass is 32.1. The molecule has 2 aromatic heterocycles. The van der Waals surface area contributed by atoms with Crippen molar-refractivity contribution >= 4 is 33.3 Å². The number of carbonyl (C=O) groups excluding carboxylic acids is 1. The fraction of sp³-hybridized carbons (Fsp3) is 0.227. The van der Waals surface area contributed by atoms with E-state index in [9.17, 15) is 9.90 Å². The number of phenolic OH excluding ortho intramolecular Hbond substituents is 1. The van der Waals surface area contributed by atoms with Gasteiger partial charge in [-0.25, -0.2) is 4.98 Å². The molecule has 0 spiro atoms. The molecular weight excluding hydrogens is 432 g/mol. The number of rotatable bonds is 5. The van der Waals surface area contributed by atoms with Gasteiger partial charge in [0.25, 0.3) is 0 Å². The van der Waals surface area contributed by atoms with E-state index in [0.29, 0.717) is 10.9 Å². The molecule has 0 fully saturated rings. The summed E-state index contributed by atoms with van der Waals surface area (Å²) in [5, 5.41) is 18.4.